The van der Waals surface area contributed by atoms with Gasteiger partial charge in [-0.05, 0) is 61.7 Å². The average molecular weight is 437 g/mol. The van der Waals surface area contributed by atoms with Gasteiger partial charge in [0.05, 0.1) is 18.7 Å². The molecule has 1 aliphatic rings. The first-order valence-corrected chi connectivity index (χ1v) is 10.2. The van der Waals surface area contributed by atoms with Crippen LogP contribution in [0.3, 0.4) is 0 Å². The highest BCUT2D eigenvalue weighted by Crippen LogP contribution is 2.37. The number of rotatable bonds is 8. The Labute approximate surface area is 179 Å². The molecule has 0 radical (unpaired) electrons. The van der Waals surface area contributed by atoms with Crippen molar-refractivity contribution in [3.63, 3.8) is 0 Å². The maximum absolute atomic E-state index is 13.4. The standard InChI is InChI=1S/C22H26F3N3O3/c23-22(24,25)19-14-18(31-13-12-29)8-9-20(19)26-15-21(30)27-16-4-6-17(7-5-16)28-10-2-1-3-11-28/h4-9,14,26,29H,1-3,10-13,15H2,(H,27,30). The highest BCUT2D eigenvalue weighted by atomic mass is 19.4. The summed E-state index contributed by atoms with van der Waals surface area (Å²) in [5, 5.41) is 14.0. The number of nitrogens with one attached hydrogen (secondary N) is 2. The molecular formula is C22H26F3N3O3. The van der Waals surface area contributed by atoms with Crippen molar-refractivity contribution in [2.45, 2.75) is 25.4 Å². The highest BCUT2D eigenvalue weighted by Gasteiger charge is 2.34. The second kappa shape index (κ2) is 10.4. The summed E-state index contributed by atoms with van der Waals surface area (Å²) in [6.45, 7) is 1.29. The molecule has 3 rings (SSSR count). The van der Waals surface area contributed by atoms with Crippen molar-refractivity contribution < 1.29 is 27.8 Å². The van der Waals surface area contributed by atoms with Crippen molar-refractivity contribution >= 4 is 23.0 Å². The van der Waals surface area contributed by atoms with E-state index in [2.05, 4.69) is 15.5 Å². The summed E-state index contributed by atoms with van der Waals surface area (Å²) in [5.41, 5.74) is 0.506. The molecule has 0 unspecified atom stereocenters. The van der Waals surface area contributed by atoms with Gasteiger partial charge in [-0.1, -0.05) is 0 Å². The smallest absolute Gasteiger partial charge is 0.418 e. The normalized spacial score (nSPS) is 14.3. The molecule has 2 aromatic carbocycles. The number of halogens is 3. The summed E-state index contributed by atoms with van der Waals surface area (Å²) in [5.74, 6) is -0.468. The number of piperidine rings is 1. The van der Waals surface area contributed by atoms with Gasteiger partial charge in [-0.3, -0.25) is 4.79 Å². The number of alkyl halides is 3. The van der Waals surface area contributed by atoms with Crippen LogP contribution < -0.4 is 20.3 Å². The van der Waals surface area contributed by atoms with Crippen molar-refractivity contribution in [3.8, 4) is 5.75 Å². The quantitative estimate of drug-likeness (QED) is 0.580. The first kappa shape index (κ1) is 22.7. The number of carbonyl (C=O) groups excluding carboxylic acids is 1. The molecule has 168 valence electrons. The molecule has 1 heterocycles. The average Bonchev–Trinajstić information content (AvgIpc) is 2.77. The van der Waals surface area contributed by atoms with Gasteiger partial charge in [-0.25, -0.2) is 0 Å². The fourth-order valence-electron chi connectivity index (χ4n) is 3.45. The number of carbonyl (C=O) groups is 1. The van der Waals surface area contributed by atoms with E-state index in [-0.39, 0.29) is 31.2 Å². The van der Waals surface area contributed by atoms with Crippen LogP contribution in [0.2, 0.25) is 0 Å². The summed E-state index contributed by atoms with van der Waals surface area (Å²) in [6.07, 6.45) is -1.05. The Balaban J connectivity index is 1.58. The van der Waals surface area contributed by atoms with E-state index in [1.165, 1.54) is 31.4 Å². The molecule has 1 aliphatic heterocycles. The van der Waals surface area contributed by atoms with E-state index in [9.17, 15) is 18.0 Å². The zero-order valence-corrected chi connectivity index (χ0v) is 17.0. The lowest BCUT2D eigenvalue weighted by Gasteiger charge is -2.28. The number of aliphatic hydroxyl groups is 1. The topological polar surface area (TPSA) is 73.8 Å². The van der Waals surface area contributed by atoms with Crippen LogP contribution in [0.1, 0.15) is 24.8 Å². The molecule has 0 bridgehead atoms. The Morgan fingerprint density at radius 3 is 2.42 bits per heavy atom. The van der Waals surface area contributed by atoms with Gasteiger partial charge in [-0.15, -0.1) is 0 Å². The molecule has 2 aromatic rings. The molecule has 1 amide bonds. The Hall–Kier alpha value is -2.94. The first-order chi connectivity index (χ1) is 14.9. The lowest BCUT2D eigenvalue weighted by molar-refractivity contribution is -0.137. The second-order valence-corrected chi connectivity index (χ2v) is 7.27. The Kier molecular flexibility index (Phi) is 7.62. The summed E-state index contributed by atoms with van der Waals surface area (Å²) >= 11 is 0. The Morgan fingerprint density at radius 1 is 1.06 bits per heavy atom. The molecule has 0 saturated carbocycles. The maximum atomic E-state index is 13.4. The minimum absolute atomic E-state index is 0.00910. The van der Waals surface area contributed by atoms with Crippen LogP contribution in [0.4, 0.5) is 30.2 Å². The number of ether oxygens (including phenoxy) is 1. The van der Waals surface area contributed by atoms with E-state index in [4.69, 9.17) is 9.84 Å². The number of nitrogens with zero attached hydrogens (tertiary/aromatic N) is 1. The molecular weight excluding hydrogens is 411 g/mol. The largest absolute Gasteiger partial charge is 0.491 e. The van der Waals surface area contributed by atoms with Crippen LogP contribution in [-0.4, -0.2) is 43.9 Å². The van der Waals surface area contributed by atoms with Crippen molar-refractivity contribution in [2.24, 2.45) is 0 Å². The summed E-state index contributed by atoms with van der Waals surface area (Å²) in [6, 6.07) is 10.8. The van der Waals surface area contributed by atoms with E-state index in [1.54, 1.807) is 12.1 Å². The number of aliphatic hydroxyl groups excluding tert-OH is 1. The molecule has 0 atom stereocenters. The van der Waals surface area contributed by atoms with E-state index in [0.717, 1.165) is 24.8 Å². The maximum Gasteiger partial charge on any atom is 0.418 e. The Morgan fingerprint density at radius 2 is 1.77 bits per heavy atom. The third-order valence-corrected chi connectivity index (χ3v) is 4.97. The van der Waals surface area contributed by atoms with Gasteiger partial charge < -0.3 is 25.4 Å². The van der Waals surface area contributed by atoms with Crippen LogP contribution in [-0.2, 0) is 11.0 Å². The molecule has 31 heavy (non-hydrogen) atoms. The third-order valence-electron chi connectivity index (χ3n) is 4.97. The van der Waals surface area contributed by atoms with Crippen LogP contribution in [0.5, 0.6) is 5.75 Å². The lowest BCUT2D eigenvalue weighted by Crippen LogP contribution is -2.29. The van der Waals surface area contributed by atoms with Gasteiger partial charge in [-0.2, -0.15) is 13.2 Å². The number of amides is 1. The molecule has 9 heteroatoms. The van der Waals surface area contributed by atoms with Gasteiger partial charge in [0.15, 0.2) is 0 Å². The predicted octanol–water partition coefficient (Wildman–Crippen LogP) is 4.12. The summed E-state index contributed by atoms with van der Waals surface area (Å²) in [4.78, 5) is 14.5. The Bertz CT molecular complexity index is 867. The lowest BCUT2D eigenvalue weighted by atomic mass is 10.1. The van der Waals surface area contributed by atoms with Crippen LogP contribution >= 0.6 is 0 Å². The number of anilines is 3. The molecule has 6 nitrogen and oxygen atoms in total. The van der Waals surface area contributed by atoms with Gasteiger partial charge in [0, 0.05) is 30.2 Å². The number of benzene rings is 2. The minimum Gasteiger partial charge on any atom is -0.491 e. The van der Waals surface area contributed by atoms with E-state index in [0.29, 0.717) is 5.69 Å². The molecule has 0 aliphatic carbocycles. The number of hydrogen-bond acceptors (Lipinski definition) is 5. The van der Waals surface area contributed by atoms with Gasteiger partial charge in [0.2, 0.25) is 5.91 Å². The van der Waals surface area contributed by atoms with E-state index in [1.807, 2.05) is 12.1 Å². The monoisotopic (exact) mass is 437 g/mol. The molecule has 0 spiro atoms. The molecule has 1 saturated heterocycles. The first-order valence-electron chi connectivity index (χ1n) is 10.2. The van der Waals surface area contributed by atoms with Gasteiger partial charge in [0.1, 0.15) is 12.4 Å². The zero-order valence-electron chi connectivity index (χ0n) is 17.0. The minimum atomic E-state index is -4.62. The number of hydrogen-bond donors (Lipinski definition) is 3. The molecule has 1 fully saturated rings. The van der Waals surface area contributed by atoms with Crippen molar-refractivity contribution in [1.29, 1.82) is 0 Å². The third kappa shape index (κ3) is 6.52. The molecule has 3 N–H and O–H groups in total. The van der Waals surface area contributed by atoms with E-state index >= 15 is 0 Å². The SMILES string of the molecule is O=C(CNc1ccc(OCCO)cc1C(F)(F)F)Nc1ccc(N2CCCCC2)cc1. The van der Waals surface area contributed by atoms with Crippen LogP contribution in [0, 0.1) is 0 Å². The van der Waals surface area contributed by atoms with Crippen molar-refractivity contribution in [1.82, 2.24) is 0 Å². The van der Waals surface area contributed by atoms with E-state index < -0.39 is 17.6 Å². The van der Waals surface area contributed by atoms with Crippen molar-refractivity contribution in [2.75, 3.05) is 48.4 Å². The zero-order chi connectivity index (χ0) is 22.3. The predicted molar refractivity (Wildman–Crippen MR) is 114 cm³/mol. The summed E-state index contributed by atoms with van der Waals surface area (Å²) < 4.78 is 45.1. The van der Waals surface area contributed by atoms with Crippen LogP contribution in [0.15, 0.2) is 42.5 Å². The van der Waals surface area contributed by atoms with Gasteiger partial charge >= 0.3 is 6.18 Å². The fourth-order valence-corrected chi connectivity index (χ4v) is 3.45. The highest BCUT2D eigenvalue weighted by molar-refractivity contribution is 5.94. The van der Waals surface area contributed by atoms with Crippen LogP contribution in [0.25, 0.3) is 0 Å². The molecule has 0 aromatic heterocycles. The fraction of sp³-hybridized carbons (Fsp3) is 0.409. The second-order valence-electron chi connectivity index (χ2n) is 7.27. The summed E-state index contributed by atoms with van der Waals surface area (Å²) in [7, 11) is 0. The van der Waals surface area contributed by atoms with Crippen molar-refractivity contribution in [3.05, 3.63) is 48.0 Å². The van der Waals surface area contributed by atoms with Gasteiger partial charge in [0.25, 0.3) is 0 Å².